The van der Waals surface area contributed by atoms with E-state index in [0.29, 0.717) is 12.3 Å². The second-order valence-electron chi connectivity index (χ2n) is 5.11. The summed E-state index contributed by atoms with van der Waals surface area (Å²) in [6, 6.07) is 0. The minimum atomic E-state index is -0.570. The molecule has 2 N–H and O–H groups in total. The Hall–Kier alpha value is -1.64. The van der Waals surface area contributed by atoms with Crippen LogP contribution in [0.4, 0.5) is 0 Å². The van der Waals surface area contributed by atoms with Gasteiger partial charge in [-0.2, -0.15) is 0 Å². The van der Waals surface area contributed by atoms with Gasteiger partial charge in [0.2, 0.25) is 0 Å². The molecule has 2 bridgehead atoms. The molecule has 3 heteroatoms. The van der Waals surface area contributed by atoms with Crippen LogP contribution >= 0.6 is 0 Å². The van der Waals surface area contributed by atoms with Crippen LogP contribution in [0, 0.1) is 5.92 Å². The van der Waals surface area contributed by atoms with Gasteiger partial charge in [-0.1, -0.05) is 39.0 Å². The van der Waals surface area contributed by atoms with Crippen LogP contribution in [0.5, 0.6) is 0 Å². The molecule has 1 amide bonds. The lowest BCUT2D eigenvalue weighted by molar-refractivity contribution is -0.118. The SMILES string of the molecule is CC.CC1/C=C\C/C=C2\CC(=C(C(N)=O)C2=O)CCC1. The molecule has 0 fully saturated rings. The molecule has 0 aromatic heterocycles. The highest BCUT2D eigenvalue weighted by molar-refractivity contribution is 6.27. The van der Waals surface area contributed by atoms with Crippen molar-refractivity contribution in [1.82, 2.24) is 0 Å². The van der Waals surface area contributed by atoms with E-state index in [4.69, 9.17) is 5.73 Å². The number of amides is 1. The van der Waals surface area contributed by atoms with Crippen LogP contribution in [0.1, 0.15) is 52.9 Å². The Morgan fingerprint density at radius 2 is 2.05 bits per heavy atom. The van der Waals surface area contributed by atoms with E-state index in [-0.39, 0.29) is 11.4 Å². The first-order chi connectivity index (χ1) is 9.59. The maximum atomic E-state index is 12.1. The second-order valence-corrected chi connectivity index (χ2v) is 5.11. The van der Waals surface area contributed by atoms with Gasteiger partial charge >= 0.3 is 0 Å². The molecule has 3 nitrogen and oxygen atoms in total. The number of ketones is 1. The first-order valence-electron chi connectivity index (χ1n) is 7.52. The van der Waals surface area contributed by atoms with Crippen LogP contribution in [-0.2, 0) is 9.59 Å². The molecule has 2 aliphatic carbocycles. The lowest BCUT2D eigenvalue weighted by Gasteiger charge is -2.07. The van der Waals surface area contributed by atoms with Gasteiger partial charge in [0.05, 0.1) is 5.57 Å². The van der Waals surface area contributed by atoms with Crippen LogP contribution < -0.4 is 5.73 Å². The van der Waals surface area contributed by atoms with Crippen molar-refractivity contribution < 1.29 is 9.59 Å². The summed E-state index contributed by atoms with van der Waals surface area (Å²) < 4.78 is 0. The normalized spacial score (nSPS) is 26.9. The summed E-state index contributed by atoms with van der Waals surface area (Å²) in [4.78, 5) is 23.4. The molecule has 1 unspecified atom stereocenters. The highest BCUT2D eigenvalue weighted by atomic mass is 16.2. The molecule has 0 aliphatic heterocycles. The zero-order chi connectivity index (χ0) is 15.1. The minimum Gasteiger partial charge on any atom is -0.365 e. The maximum Gasteiger partial charge on any atom is 0.252 e. The van der Waals surface area contributed by atoms with Crippen molar-refractivity contribution in [2.75, 3.05) is 0 Å². The summed E-state index contributed by atoms with van der Waals surface area (Å²) in [6.45, 7) is 6.19. The third kappa shape index (κ3) is 3.92. The predicted octanol–water partition coefficient (Wildman–Crippen LogP) is 3.46. The molecule has 1 atom stereocenters. The van der Waals surface area contributed by atoms with Crippen LogP contribution in [-0.4, -0.2) is 11.7 Å². The molecule has 0 radical (unpaired) electrons. The highest BCUT2D eigenvalue weighted by Crippen LogP contribution is 2.32. The van der Waals surface area contributed by atoms with Gasteiger partial charge in [-0.05, 0) is 43.6 Å². The third-order valence-corrected chi connectivity index (χ3v) is 3.63. The minimum absolute atomic E-state index is 0.153. The monoisotopic (exact) mass is 275 g/mol. The second kappa shape index (κ2) is 7.83. The van der Waals surface area contributed by atoms with Gasteiger partial charge in [0.15, 0.2) is 5.78 Å². The molecule has 0 aromatic rings. The number of hydrogen-bond donors (Lipinski definition) is 1. The van der Waals surface area contributed by atoms with Crippen LogP contribution in [0.15, 0.2) is 34.9 Å². The summed E-state index contributed by atoms with van der Waals surface area (Å²) in [7, 11) is 0. The molecule has 2 rings (SSSR count). The topological polar surface area (TPSA) is 60.2 Å². The summed E-state index contributed by atoms with van der Waals surface area (Å²) in [6.07, 6.45) is 10.5. The lowest BCUT2D eigenvalue weighted by Crippen LogP contribution is -2.19. The van der Waals surface area contributed by atoms with Crippen molar-refractivity contribution >= 4 is 11.7 Å². The van der Waals surface area contributed by atoms with Crippen LogP contribution in [0.2, 0.25) is 0 Å². The molecule has 0 saturated carbocycles. The number of fused-ring (bicyclic) bond motifs is 2. The average molecular weight is 275 g/mol. The lowest BCUT2D eigenvalue weighted by atomic mass is 9.98. The van der Waals surface area contributed by atoms with E-state index in [1.54, 1.807) is 0 Å². The molecule has 0 heterocycles. The van der Waals surface area contributed by atoms with E-state index >= 15 is 0 Å². The van der Waals surface area contributed by atoms with Gasteiger partial charge in [0.25, 0.3) is 5.91 Å². The number of hydrogen-bond acceptors (Lipinski definition) is 2. The fourth-order valence-corrected chi connectivity index (χ4v) is 2.64. The van der Waals surface area contributed by atoms with Crippen LogP contribution in [0.3, 0.4) is 0 Å². The zero-order valence-electron chi connectivity index (χ0n) is 12.7. The number of carbonyl (C=O) groups is 2. The van der Waals surface area contributed by atoms with Crippen molar-refractivity contribution in [3.05, 3.63) is 34.9 Å². The van der Waals surface area contributed by atoms with E-state index in [1.165, 1.54) is 0 Å². The summed E-state index contributed by atoms with van der Waals surface area (Å²) in [5.41, 5.74) is 7.24. The fourth-order valence-electron chi connectivity index (χ4n) is 2.64. The van der Waals surface area contributed by atoms with E-state index in [2.05, 4.69) is 19.1 Å². The number of nitrogens with two attached hydrogens (primary N) is 1. The predicted molar refractivity (Wildman–Crippen MR) is 82.0 cm³/mol. The highest BCUT2D eigenvalue weighted by Gasteiger charge is 2.30. The Balaban J connectivity index is 0.000000956. The zero-order valence-corrected chi connectivity index (χ0v) is 12.7. The Kier molecular flexibility index (Phi) is 6.43. The largest absolute Gasteiger partial charge is 0.365 e. The fraction of sp³-hybridized carbons (Fsp3) is 0.529. The Morgan fingerprint density at radius 1 is 1.35 bits per heavy atom. The van der Waals surface area contributed by atoms with Gasteiger partial charge in [0.1, 0.15) is 0 Å². The Bertz CT molecular complexity index is 469. The Morgan fingerprint density at radius 3 is 2.70 bits per heavy atom. The molecule has 110 valence electrons. The van der Waals surface area contributed by atoms with Gasteiger partial charge < -0.3 is 5.73 Å². The summed E-state index contributed by atoms with van der Waals surface area (Å²) >= 11 is 0. The van der Waals surface area contributed by atoms with Gasteiger partial charge in [-0.3, -0.25) is 9.59 Å². The first-order valence-corrected chi connectivity index (χ1v) is 7.52. The third-order valence-electron chi connectivity index (χ3n) is 3.63. The average Bonchev–Trinajstić information content (AvgIpc) is 2.70. The van der Waals surface area contributed by atoms with Gasteiger partial charge in [-0.25, -0.2) is 0 Å². The number of rotatable bonds is 1. The number of primary amides is 1. The summed E-state index contributed by atoms with van der Waals surface area (Å²) in [5, 5.41) is 0. The first kappa shape index (κ1) is 16.4. The Labute approximate surface area is 121 Å². The maximum absolute atomic E-state index is 12.1. The molecular weight excluding hydrogens is 250 g/mol. The number of Topliss-reactive ketones (excluding diaryl/α,β-unsaturated/α-hetero) is 1. The van der Waals surface area contributed by atoms with E-state index in [9.17, 15) is 9.59 Å². The molecule has 20 heavy (non-hydrogen) atoms. The van der Waals surface area contributed by atoms with E-state index < -0.39 is 5.91 Å². The van der Waals surface area contributed by atoms with Gasteiger partial charge in [0, 0.05) is 5.57 Å². The van der Waals surface area contributed by atoms with E-state index in [0.717, 1.165) is 36.8 Å². The van der Waals surface area contributed by atoms with Crippen molar-refractivity contribution in [3.63, 3.8) is 0 Å². The van der Waals surface area contributed by atoms with Crippen molar-refractivity contribution in [1.29, 1.82) is 0 Å². The summed E-state index contributed by atoms with van der Waals surface area (Å²) in [5.74, 6) is -0.174. The molecule has 0 aromatic carbocycles. The van der Waals surface area contributed by atoms with Crippen LogP contribution in [0.25, 0.3) is 0 Å². The smallest absolute Gasteiger partial charge is 0.252 e. The number of allylic oxidation sites excluding steroid dienone is 5. The van der Waals surface area contributed by atoms with E-state index in [1.807, 2.05) is 19.9 Å². The van der Waals surface area contributed by atoms with Gasteiger partial charge in [-0.15, -0.1) is 0 Å². The van der Waals surface area contributed by atoms with Crippen molar-refractivity contribution in [3.8, 4) is 0 Å². The quantitative estimate of drug-likeness (QED) is 0.588. The van der Waals surface area contributed by atoms with Crippen molar-refractivity contribution in [2.45, 2.75) is 52.9 Å². The molecule has 2 aliphatic rings. The molecule has 0 saturated heterocycles. The standard InChI is InChI=1S/C15H19NO2.C2H6/c1-10-5-2-3-7-12-9-11(8-4-6-10)13(14(12)17)15(16)18;1-2/h2,5,7,10H,3-4,6,8-9H2,1H3,(H2,16,18);1-2H3/b5-2-,12-7+;. The molecular formula is C17H25NO2. The number of carbonyl (C=O) groups excluding carboxylic acids is 2. The van der Waals surface area contributed by atoms with Crippen molar-refractivity contribution in [2.24, 2.45) is 11.7 Å². The molecule has 0 spiro atoms.